The average Bonchev–Trinajstić information content (AvgIpc) is 2.88. The Bertz CT molecular complexity index is 722. The van der Waals surface area contributed by atoms with Crippen LogP contribution in [0.4, 0.5) is 8.78 Å². The van der Waals surface area contributed by atoms with Gasteiger partial charge in [0.05, 0.1) is 6.61 Å². The van der Waals surface area contributed by atoms with Crippen molar-refractivity contribution in [3.8, 4) is 11.1 Å². The monoisotopic (exact) mass is 316 g/mol. The fourth-order valence-corrected chi connectivity index (χ4v) is 3.85. The molecule has 0 aromatic heterocycles. The summed E-state index contributed by atoms with van der Waals surface area (Å²) in [5, 5.41) is 9.46. The smallest absolute Gasteiger partial charge is 0.131 e. The summed E-state index contributed by atoms with van der Waals surface area (Å²) in [5.74, 6) is -0.573. The first-order chi connectivity index (χ1) is 10.9. The minimum absolute atomic E-state index is 0.0495. The summed E-state index contributed by atoms with van der Waals surface area (Å²) in [5.41, 5.74) is 2.98. The zero-order valence-corrected chi connectivity index (χ0v) is 13.6. The van der Waals surface area contributed by atoms with Crippen molar-refractivity contribution in [2.24, 2.45) is 5.41 Å². The van der Waals surface area contributed by atoms with Crippen molar-refractivity contribution in [1.29, 1.82) is 0 Å². The van der Waals surface area contributed by atoms with Gasteiger partial charge in [0.15, 0.2) is 0 Å². The molecule has 1 aliphatic rings. The van der Waals surface area contributed by atoms with Crippen LogP contribution in [0.1, 0.15) is 50.2 Å². The van der Waals surface area contributed by atoms with Crippen molar-refractivity contribution in [1.82, 2.24) is 0 Å². The van der Waals surface area contributed by atoms with Crippen molar-refractivity contribution < 1.29 is 13.9 Å². The van der Waals surface area contributed by atoms with E-state index in [1.54, 1.807) is 6.07 Å². The van der Waals surface area contributed by atoms with Crippen molar-refractivity contribution in [3.05, 3.63) is 59.2 Å². The number of benzene rings is 2. The molecular formula is C20H22F2O. The Balaban J connectivity index is 2.19. The second-order valence-electron chi connectivity index (χ2n) is 7.14. The van der Waals surface area contributed by atoms with Crippen LogP contribution in [0.5, 0.6) is 0 Å². The Hall–Kier alpha value is -1.74. The first kappa shape index (κ1) is 16.1. The average molecular weight is 316 g/mol. The molecule has 1 aliphatic carbocycles. The maximum atomic E-state index is 14.3. The molecule has 122 valence electrons. The van der Waals surface area contributed by atoms with Crippen LogP contribution in [0.15, 0.2) is 36.4 Å². The number of halogens is 2. The van der Waals surface area contributed by atoms with E-state index in [0.717, 1.165) is 42.0 Å². The lowest BCUT2D eigenvalue weighted by Crippen LogP contribution is -2.16. The lowest BCUT2D eigenvalue weighted by Gasteiger charge is -2.29. The minimum atomic E-state index is -0.440. The molecule has 0 heterocycles. The highest BCUT2D eigenvalue weighted by molar-refractivity contribution is 5.69. The number of aliphatic hydroxyl groups excluding tert-OH is 1. The van der Waals surface area contributed by atoms with Crippen molar-refractivity contribution in [2.45, 2.75) is 45.6 Å². The van der Waals surface area contributed by atoms with E-state index in [0.29, 0.717) is 5.56 Å². The van der Waals surface area contributed by atoms with Gasteiger partial charge in [-0.3, -0.25) is 0 Å². The molecular weight excluding hydrogens is 294 g/mol. The van der Waals surface area contributed by atoms with Crippen LogP contribution in [0.25, 0.3) is 11.1 Å². The van der Waals surface area contributed by atoms with Gasteiger partial charge < -0.3 is 5.11 Å². The standard InChI is InChI=1S/C20H22F2O/c1-20(2)9-3-4-18(20)16-10-13(12-23)5-7-15(16)17-11-14(21)6-8-19(17)22/h5-8,10-11,18,23H,3-4,9,12H2,1-2H3/t18-/m0/s1. The SMILES string of the molecule is CC1(C)CCC[C@H]1c1cc(CO)ccc1-c1cc(F)ccc1F. The molecule has 2 aromatic rings. The van der Waals surface area contributed by atoms with Gasteiger partial charge in [-0.2, -0.15) is 0 Å². The fraction of sp³-hybridized carbons (Fsp3) is 0.400. The quantitative estimate of drug-likeness (QED) is 0.802. The topological polar surface area (TPSA) is 20.2 Å². The maximum Gasteiger partial charge on any atom is 0.131 e. The predicted octanol–water partition coefficient (Wildman–Crippen LogP) is 5.42. The molecule has 1 saturated carbocycles. The van der Waals surface area contributed by atoms with Crippen LogP contribution in [0.2, 0.25) is 0 Å². The number of hydrogen-bond acceptors (Lipinski definition) is 1. The molecule has 0 aliphatic heterocycles. The predicted molar refractivity (Wildman–Crippen MR) is 88.1 cm³/mol. The lowest BCUT2D eigenvalue weighted by atomic mass is 9.75. The van der Waals surface area contributed by atoms with E-state index in [1.807, 2.05) is 12.1 Å². The molecule has 3 heteroatoms. The van der Waals surface area contributed by atoms with Gasteiger partial charge in [0, 0.05) is 5.56 Å². The molecule has 0 unspecified atom stereocenters. The number of hydrogen-bond donors (Lipinski definition) is 1. The summed E-state index contributed by atoms with van der Waals surface area (Å²) >= 11 is 0. The maximum absolute atomic E-state index is 14.3. The molecule has 3 rings (SSSR count). The Morgan fingerprint density at radius 1 is 1.09 bits per heavy atom. The van der Waals surface area contributed by atoms with E-state index in [-0.39, 0.29) is 17.9 Å². The van der Waals surface area contributed by atoms with Gasteiger partial charge in [-0.25, -0.2) is 8.78 Å². The Morgan fingerprint density at radius 2 is 1.87 bits per heavy atom. The van der Waals surface area contributed by atoms with Crippen LogP contribution in [-0.2, 0) is 6.61 Å². The molecule has 0 radical (unpaired) electrons. The molecule has 0 spiro atoms. The molecule has 0 bridgehead atoms. The van der Waals surface area contributed by atoms with Gasteiger partial charge >= 0.3 is 0 Å². The zero-order chi connectivity index (χ0) is 16.6. The Morgan fingerprint density at radius 3 is 2.52 bits per heavy atom. The fourth-order valence-electron chi connectivity index (χ4n) is 3.85. The van der Waals surface area contributed by atoms with Gasteiger partial charge in [0.2, 0.25) is 0 Å². The summed E-state index contributed by atoms with van der Waals surface area (Å²) in [6, 6.07) is 9.12. The molecule has 2 aromatic carbocycles. The third-order valence-electron chi connectivity index (χ3n) is 5.15. The van der Waals surface area contributed by atoms with E-state index < -0.39 is 11.6 Å². The second kappa shape index (κ2) is 6.04. The van der Waals surface area contributed by atoms with Gasteiger partial charge in [0.25, 0.3) is 0 Å². The summed E-state index contributed by atoms with van der Waals surface area (Å²) in [4.78, 5) is 0. The number of rotatable bonds is 3. The molecule has 1 N–H and O–H groups in total. The van der Waals surface area contributed by atoms with Crippen LogP contribution in [0.3, 0.4) is 0 Å². The molecule has 1 fully saturated rings. The Labute approximate surface area is 136 Å². The second-order valence-corrected chi connectivity index (χ2v) is 7.14. The van der Waals surface area contributed by atoms with Gasteiger partial charge in [-0.15, -0.1) is 0 Å². The van der Waals surface area contributed by atoms with E-state index in [4.69, 9.17) is 0 Å². The van der Waals surface area contributed by atoms with Gasteiger partial charge in [0.1, 0.15) is 11.6 Å². The van der Waals surface area contributed by atoms with Crippen molar-refractivity contribution >= 4 is 0 Å². The highest BCUT2D eigenvalue weighted by atomic mass is 19.1. The van der Waals surface area contributed by atoms with Crippen LogP contribution >= 0.6 is 0 Å². The van der Waals surface area contributed by atoms with Crippen LogP contribution in [-0.4, -0.2) is 5.11 Å². The molecule has 0 amide bonds. The van der Waals surface area contributed by atoms with E-state index in [2.05, 4.69) is 13.8 Å². The van der Waals surface area contributed by atoms with Crippen LogP contribution in [0, 0.1) is 17.0 Å². The summed E-state index contributed by atoms with van der Waals surface area (Å²) in [7, 11) is 0. The molecule has 1 atom stereocenters. The normalized spacial score (nSPS) is 20.0. The van der Waals surface area contributed by atoms with Crippen molar-refractivity contribution in [2.75, 3.05) is 0 Å². The summed E-state index contributed by atoms with van der Waals surface area (Å²) in [6.07, 6.45) is 3.28. The Kier molecular flexibility index (Phi) is 4.24. The molecule has 0 saturated heterocycles. The minimum Gasteiger partial charge on any atom is -0.392 e. The molecule has 23 heavy (non-hydrogen) atoms. The van der Waals surface area contributed by atoms with E-state index in [9.17, 15) is 13.9 Å². The first-order valence-corrected chi connectivity index (χ1v) is 8.11. The van der Waals surface area contributed by atoms with E-state index >= 15 is 0 Å². The van der Waals surface area contributed by atoms with Gasteiger partial charge in [-0.05, 0) is 59.1 Å². The molecule has 1 nitrogen and oxygen atoms in total. The largest absolute Gasteiger partial charge is 0.392 e. The first-order valence-electron chi connectivity index (χ1n) is 8.11. The lowest BCUT2D eigenvalue weighted by molar-refractivity contribution is 0.281. The third-order valence-corrected chi connectivity index (χ3v) is 5.15. The van der Waals surface area contributed by atoms with Gasteiger partial charge in [-0.1, -0.05) is 38.5 Å². The summed E-state index contributed by atoms with van der Waals surface area (Å²) < 4.78 is 27.9. The van der Waals surface area contributed by atoms with Crippen molar-refractivity contribution in [3.63, 3.8) is 0 Å². The zero-order valence-electron chi connectivity index (χ0n) is 13.6. The van der Waals surface area contributed by atoms with Crippen LogP contribution < -0.4 is 0 Å². The summed E-state index contributed by atoms with van der Waals surface area (Å²) in [6.45, 7) is 4.40. The number of aliphatic hydroxyl groups is 1. The highest BCUT2D eigenvalue weighted by Gasteiger charge is 2.37. The third kappa shape index (κ3) is 3.02. The highest BCUT2D eigenvalue weighted by Crippen LogP contribution is 2.51. The van der Waals surface area contributed by atoms with E-state index in [1.165, 1.54) is 12.1 Å².